The van der Waals surface area contributed by atoms with E-state index in [2.05, 4.69) is 0 Å². The molecule has 1 aliphatic heterocycles. The van der Waals surface area contributed by atoms with Crippen LogP contribution in [0.4, 0.5) is 0 Å². The van der Waals surface area contributed by atoms with Crippen molar-refractivity contribution in [3.05, 3.63) is 35.9 Å². The molecule has 3 N–H and O–H groups in total. The minimum atomic E-state index is -0.567. The minimum Gasteiger partial charge on any atom is -0.396 e. The van der Waals surface area contributed by atoms with Crippen LogP contribution in [0.15, 0.2) is 30.3 Å². The first-order valence-electron chi connectivity index (χ1n) is 6.76. The Morgan fingerprint density at radius 1 is 1.37 bits per heavy atom. The summed E-state index contributed by atoms with van der Waals surface area (Å²) in [4.78, 5) is 0. The third-order valence-electron chi connectivity index (χ3n) is 3.59. The van der Waals surface area contributed by atoms with Crippen LogP contribution >= 0.6 is 0 Å². The van der Waals surface area contributed by atoms with Crippen LogP contribution in [0.25, 0.3) is 0 Å². The molecule has 1 aliphatic rings. The molecule has 0 radical (unpaired) electrons. The highest BCUT2D eigenvalue weighted by Crippen LogP contribution is 2.31. The summed E-state index contributed by atoms with van der Waals surface area (Å²) in [5.41, 5.74) is 7.48. The van der Waals surface area contributed by atoms with Gasteiger partial charge in [0.05, 0.1) is 12.7 Å². The van der Waals surface area contributed by atoms with Gasteiger partial charge < -0.3 is 20.3 Å². The van der Waals surface area contributed by atoms with E-state index in [1.165, 1.54) is 0 Å². The molecule has 19 heavy (non-hydrogen) atoms. The zero-order valence-electron chi connectivity index (χ0n) is 11.6. The molecule has 3 atom stereocenters. The van der Waals surface area contributed by atoms with Crippen molar-refractivity contribution in [1.29, 1.82) is 0 Å². The third kappa shape index (κ3) is 3.54. The van der Waals surface area contributed by atoms with Gasteiger partial charge >= 0.3 is 0 Å². The summed E-state index contributed by atoms with van der Waals surface area (Å²) in [5, 5.41) is 9.26. The maximum absolute atomic E-state index is 9.26. The van der Waals surface area contributed by atoms with Crippen LogP contribution in [-0.2, 0) is 9.47 Å². The lowest BCUT2D eigenvalue weighted by atomic mass is 9.86. The van der Waals surface area contributed by atoms with E-state index in [-0.39, 0.29) is 24.7 Å². The fraction of sp³-hybridized carbons (Fsp3) is 0.600. The number of nitrogens with two attached hydrogens (primary N) is 1. The molecule has 0 amide bonds. The predicted octanol–water partition coefficient (Wildman–Crippen LogP) is 1.63. The number of hydrogen-bond acceptors (Lipinski definition) is 4. The van der Waals surface area contributed by atoms with Gasteiger partial charge in [0.15, 0.2) is 5.79 Å². The molecule has 1 heterocycles. The van der Waals surface area contributed by atoms with Crippen molar-refractivity contribution < 1.29 is 14.6 Å². The number of rotatable bonds is 5. The predicted molar refractivity (Wildman–Crippen MR) is 73.8 cm³/mol. The van der Waals surface area contributed by atoms with Gasteiger partial charge in [-0.3, -0.25) is 0 Å². The van der Waals surface area contributed by atoms with Gasteiger partial charge in [0, 0.05) is 18.6 Å². The summed E-state index contributed by atoms with van der Waals surface area (Å²) < 4.78 is 11.4. The molecule has 0 unspecified atom stereocenters. The molecule has 1 aromatic rings. The van der Waals surface area contributed by atoms with E-state index >= 15 is 0 Å². The Hall–Kier alpha value is -0.940. The van der Waals surface area contributed by atoms with E-state index in [9.17, 15) is 5.11 Å². The maximum atomic E-state index is 9.26. The van der Waals surface area contributed by atoms with Gasteiger partial charge in [-0.05, 0) is 25.8 Å². The molecule has 2 rings (SSSR count). The first-order valence-corrected chi connectivity index (χ1v) is 6.76. The molecule has 1 fully saturated rings. The second-order valence-electron chi connectivity index (χ2n) is 5.47. The first-order chi connectivity index (χ1) is 9.03. The van der Waals surface area contributed by atoms with Crippen molar-refractivity contribution in [1.82, 2.24) is 0 Å². The van der Waals surface area contributed by atoms with Gasteiger partial charge in [0.1, 0.15) is 0 Å². The SMILES string of the molecule is CC1(C)OC[C@H]([C@H](N)[C@H](CCO)c2ccccc2)O1. The molecule has 0 aromatic heterocycles. The van der Waals surface area contributed by atoms with Gasteiger partial charge in [-0.2, -0.15) is 0 Å². The Morgan fingerprint density at radius 2 is 2.05 bits per heavy atom. The molecule has 4 heteroatoms. The van der Waals surface area contributed by atoms with Gasteiger partial charge in [-0.15, -0.1) is 0 Å². The average Bonchev–Trinajstić information content (AvgIpc) is 2.77. The fourth-order valence-electron chi connectivity index (χ4n) is 2.58. The molecule has 0 aliphatic carbocycles. The molecule has 0 saturated carbocycles. The number of aliphatic hydroxyl groups excluding tert-OH is 1. The van der Waals surface area contributed by atoms with Crippen molar-refractivity contribution in [2.75, 3.05) is 13.2 Å². The van der Waals surface area contributed by atoms with Gasteiger partial charge in [-0.25, -0.2) is 0 Å². The van der Waals surface area contributed by atoms with E-state index in [1.807, 2.05) is 44.2 Å². The lowest BCUT2D eigenvalue weighted by Crippen LogP contribution is -2.42. The van der Waals surface area contributed by atoms with Crippen LogP contribution < -0.4 is 5.73 Å². The van der Waals surface area contributed by atoms with Gasteiger partial charge in [-0.1, -0.05) is 30.3 Å². The topological polar surface area (TPSA) is 64.7 Å². The monoisotopic (exact) mass is 265 g/mol. The standard InChI is InChI=1S/C15H23NO3/c1-15(2)18-10-13(19-15)14(16)12(8-9-17)11-6-4-3-5-7-11/h3-7,12-14,17H,8-10,16H2,1-2H3/t12-,13-,14-/m1/s1. The van der Waals surface area contributed by atoms with E-state index in [4.69, 9.17) is 15.2 Å². The van der Waals surface area contributed by atoms with E-state index < -0.39 is 5.79 Å². The Morgan fingerprint density at radius 3 is 2.58 bits per heavy atom. The fourth-order valence-corrected chi connectivity index (χ4v) is 2.58. The molecule has 0 spiro atoms. The molecular formula is C15H23NO3. The summed E-state index contributed by atoms with van der Waals surface area (Å²) in [6, 6.07) is 9.85. The Kier molecular flexibility index (Phi) is 4.58. The number of ether oxygens (including phenoxy) is 2. The van der Waals surface area contributed by atoms with Gasteiger partial charge in [0.25, 0.3) is 0 Å². The first kappa shape index (κ1) is 14.5. The lowest BCUT2D eigenvalue weighted by molar-refractivity contribution is -0.141. The van der Waals surface area contributed by atoms with Crippen LogP contribution in [0, 0.1) is 0 Å². The van der Waals surface area contributed by atoms with Crippen LogP contribution in [0.2, 0.25) is 0 Å². The summed E-state index contributed by atoms with van der Waals surface area (Å²) >= 11 is 0. The zero-order valence-corrected chi connectivity index (χ0v) is 11.6. The third-order valence-corrected chi connectivity index (χ3v) is 3.59. The zero-order chi connectivity index (χ0) is 13.9. The largest absolute Gasteiger partial charge is 0.396 e. The summed E-state index contributed by atoms with van der Waals surface area (Å²) in [7, 11) is 0. The molecule has 1 saturated heterocycles. The van der Waals surface area contributed by atoms with Crippen molar-refractivity contribution in [2.45, 2.75) is 44.1 Å². The van der Waals surface area contributed by atoms with Crippen molar-refractivity contribution in [3.63, 3.8) is 0 Å². The highest BCUT2D eigenvalue weighted by atomic mass is 16.7. The van der Waals surface area contributed by atoms with Crippen LogP contribution in [0.1, 0.15) is 31.7 Å². The Balaban J connectivity index is 2.11. The molecule has 106 valence electrons. The Bertz CT molecular complexity index is 394. The average molecular weight is 265 g/mol. The highest BCUT2D eigenvalue weighted by Gasteiger charge is 2.38. The van der Waals surface area contributed by atoms with Crippen LogP contribution in [0.3, 0.4) is 0 Å². The summed E-state index contributed by atoms with van der Waals surface area (Å²) in [6.07, 6.45) is 0.498. The van der Waals surface area contributed by atoms with E-state index in [1.54, 1.807) is 0 Å². The maximum Gasteiger partial charge on any atom is 0.163 e. The lowest BCUT2D eigenvalue weighted by Gasteiger charge is -2.28. The quantitative estimate of drug-likeness (QED) is 0.849. The van der Waals surface area contributed by atoms with Crippen LogP contribution in [-0.4, -0.2) is 36.3 Å². The van der Waals surface area contributed by atoms with E-state index in [0.29, 0.717) is 13.0 Å². The Labute approximate surface area is 114 Å². The summed E-state index contributed by atoms with van der Waals surface area (Å²) in [6.45, 7) is 4.40. The van der Waals surface area contributed by atoms with Crippen LogP contribution in [0.5, 0.6) is 0 Å². The van der Waals surface area contributed by atoms with Crippen molar-refractivity contribution in [3.8, 4) is 0 Å². The molecule has 4 nitrogen and oxygen atoms in total. The smallest absolute Gasteiger partial charge is 0.163 e. The van der Waals surface area contributed by atoms with Gasteiger partial charge in [0.2, 0.25) is 0 Å². The minimum absolute atomic E-state index is 0.0775. The number of aliphatic hydroxyl groups is 1. The molecule has 1 aromatic carbocycles. The molecule has 0 bridgehead atoms. The number of benzene rings is 1. The summed E-state index contributed by atoms with van der Waals surface area (Å²) in [5.74, 6) is -0.489. The van der Waals surface area contributed by atoms with E-state index in [0.717, 1.165) is 5.56 Å². The normalized spacial score (nSPS) is 25.2. The number of hydrogen-bond donors (Lipinski definition) is 2. The second-order valence-corrected chi connectivity index (χ2v) is 5.47. The second kappa shape index (κ2) is 6.01. The van der Waals surface area contributed by atoms with Crippen molar-refractivity contribution >= 4 is 0 Å². The van der Waals surface area contributed by atoms with Crippen molar-refractivity contribution in [2.24, 2.45) is 5.73 Å². The molecular weight excluding hydrogens is 242 g/mol. The highest BCUT2D eigenvalue weighted by molar-refractivity contribution is 5.22.